The molecular weight excluding hydrogens is 224 g/mol. The zero-order valence-electron chi connectivity index (χ0n) is 10.00. The van der Waals surface area contributed by atoms with Crippen LogP contribution in [0.15, 0.2) is 12.7 Å². The highest BCUT2D eigenvalue weighted by Gasteiger charge is 2.17. The van der Waals surface area contributed by atoms with Crippen LogP contribution >= 0.6 is 0 Å². The lowest BCUT2D eigenvalue weighted by atomic mass is 10.3. The summed E-state index contributed by atoms with van der Waals surface area (Å²) < 4.78 is 5.96. The minimum absolute atomic E-state index is 0.0299. The Labute approximate surface area is 99.4 Å². The van der Waals surface area contributed by atoms with E-state index in [2.05, 4.69) is 14.8 Å². The Hall–Kier alpha value is -1.92. The number of carbonyl (C=O) groups excluding carboxylic acids is 2. The predicted molar refractivity (Wildman–Crippen MR) is 58.9 cm³/mol. The van der Waals surface area contributed by atoms with Crippen molar-refractivity contribution in [3.63, 3.8) is 0 Å². The highest BCUT2D eigenvalue weighted by molar-refractivity contribution is 5.81. The second-order valence-corrected chi connectivity index (χ2v) is 3.48. The van der Waals surface area contributed by atoms with Crippen molar-refractivity contribution in [2.45, 2.75) is 19.9 Å². The van der Waals surface area contributed by atoms with Gasteiger partial charge in [0.05, 0.1) is 7.11 Å². The first-order valence-corrected chi connectivity index (χ1v) is 5.34. The molecule has 1 aromatic rings. The van der Waals surface area contributed by atoms with Crippen molar-refractivity contribution >= 4 is 11.9 Å². The van der Waals surface area contributed by atoms with Crippen LogP contribution in [0.25, 0.3) is 0 Å². The summed E-state index contributed by atoms with van der Waals surface area (Å²) in [4.78, 5) is 28.2. The van der Waals surface area contributed by atoms with E-state index in [-0.39, 0.29) is 19.0 Å². The van der Waals surface area contributed by atoms with E-state index >= 15 is 0 Å². The van der Waals surface area contributed by atoms with Gasteiger partial charge >= 0.3 is 5.97 Å². The number of methoxy groups -OCH3 is 1. The molecule has 0 aromatic carbocycles. The van der Waals surface area contributed by atoms with Crippen molar-refractivity contribution in [3.8, 4) is 0 Å². The summed E-state index contributed by atoms with van der Waals surface area (Å²) in [5.41, 5.74) is 0. The highest BCUT2D eigenvalue weighted by atomic mass is 16.5. The fourth-order valence-electron chi connectivity index (χ4n) is 1.34. The molecule has 0 fully saturated rings. The second kappa shape index (κ2) is 6.62. The van der Waals surface area contributed by atoms with Gasteiger partial charge in [0.25, 0.3) is 0 Å². The molecular formula is C10H16N4O3. The van der Waals surface area contributed by atoms with Crippen molar-refractivity contribution < 1.29 is 14.3 Å². The monoisotopic (exact) mass is 240 g/mol. The molecule has 0 aliphatic rings. The summed E-state index contributed by atoms with van der Waals surface area (Å²) in [7, 11) is 1.30. The molecule has 0 unspecified atom stereocenters. The molecule has 1 amide bonds. The quantitative estimate of drug-likeness (QED) is 0.637. The van der Waals surface area contributed by atoms with E-state index in [1.165, 1.54) is 29.3 Å². The van der Waals surface area contributed by atoms with E-state index in [9.17, 15) is 9.59 Å². The van der Waals surface area contributed by atoms with Gasteiger partial charge in [-0.3, -0.25) is 9.59 Å². The van der Waals surface area contributed by atoms with Gasteiger partial charge < -0.3 is 9.64 Å². The standard InChI is InChI=1S/C10H16N4O3/c1-3-4-13(6-10(16)17-2)9(15)5-14-8-11-7-12-14/h7-8H,3-6H2,1-2H3. The molecule has 0 N–H and O–H groups in total. The fourth-order valence-corrected chi connectivity index (χ4v) is 1.34. The Bertz CT molecular complexity index is 364. The average Bonchev–Trinajstić information content (AvgIpc) is 2.81. The number of ether oxygens (including phenoxy) is 1. The largest absolute Gasteiger partial charge is 0.468 e. The first-order chi connectivity index (χ1) is 8.17. The maximum Gasteiger partial charge on any atom is 0.325 e. The van der Waals surface area contributed by atoms with Crippen LogP contribution in [0.5, 0.6) is 0 Å². The Balaban J connectivity index is 2.56. The SMILES string of the molecule is CCCN(CC(=O)OC)C(=O)Cn1cncn1. The van der Waals surface area contributed by atoms with Gasteiger partial charge in [-0.05, 0) is 6.42 Å². The Morgan fingerprint density at radius 1 is 1.47 bits per heavy atom. The fraction of sp³-hybridized carbons (Fsp3) is 0.600. The number of nitrogens with zero attached hydrogens (tertiary/aromatic N) is 4. The third-order valence-electron chi connectivity index (χ3n) is 2.16. The van der Waals surface area contributed by atoms with Gasteiger partial charge in [-0.1, -0.05) is 6.92 Å². The van der Waals surface area contributed by atoms with Crippen molar-refractivity contribution in [2.24, 2.45) is 0 Å². The van der Waals surface area contributed by atoms with Crippen molar-refractivity contribution in [2.75, 3.05) is 20.2 Å². The van der Waals surface area contributed by atoms with Gasteiger partial charge in [0.1, 0.15) is 25.7 Å². The lowest BCUT2D eigenvalue weighted by Gasteiger charge is -2.20. The van der Waals surface area contributed by atoms with Crippen LogP contribution < -0.4 is 0 Å². The number of esters is 1. The maximum atomic E-state index is 11.9. The predicted octanol–water partition coefficient (Wildman–Crippen LogP) is -0.310. The summed E-state index contributed by atoms with van der Waals surface area (Å²) in [6.45, 7) is 2.50. The van der Waals surface area contributed by atoms with E-state index in [0.717, 1.165) is 6.42 Å². The lowest BCUT2D eigenvalue weighted by Crippen LogP contribution is -2.38. The number of rotatable bonds is 6. The van der Waals surface area contributed by atoms with Crippen molar-refractivity contribution in [1.29, 1.82) is 0 Å². The second-order valence-electron chi connectivity index (χ2n) is 3.48. The zero-order chi connectivity index (χ0) is 12.7. The highest BCUT2D eigenvalue weighted by Crippen LogP contribution is 1.96. The molecule has 0 aliphatic heterocycles. The smallest absolute Gasteiger partial charge is 0.325 e. The topological polar surface area (TPSA) is 77.3 Å². The molecule has 1 aromatic heterocycles. The molecule has 7 nitrogen and oxygen atoms in total. The molecule has 0 radical (unpaired) electrons. The van der Waals surface area contributed by atoms with Crippen LogP contribution in [0.3, 0.4) is 0 Å². The number of hydrogen-bond donors (Lipinski definition) is 0. The van der Waals surface area contributed by atoms with Crippen LogP contribution in [-0.2, 0) is 20.9 Å². The Kier molecular flexibility index (Phi) is 5.12. The third kappa shape index (κ3) is 4.21. The van der Waals surface area contributed by atoms with Crippen LogP contribution in [0, 0.1) is 0 Å². The molecule has 0 spiro atoms. The first-order valence-electron chi connectivity index (χ1n) is 5.34. The van der Waals surface area contributed by atoms with Crippen LogP contribution in [0.2, 0.25) is 0 Å². The third-order valence-corrected chi connectivity index (χ3v) is 2.16. The number of aromatic nitrogens is 3. The molecule has 94 valence electrons. The minimum Gasteiger partial charge on any atom is -0.468 e. The van der Waals surface area contributed by atoms with Gasteiger partial charge in [-0.15, -0.1) is 0 Å². The number of carbonyl (C=O) groups is 2. The Morgan fingerprint density at radius 2 is 2.24 bits per heavy atom. The Morgan fingerprint density at radius 3 is 2.76 bits per heavy atom. The van der Waals surface area contributed by atoms with Crippen LogP contribution in [0.1, 0.15) is 13.3 Å². The van der Waals surface area contributed by atoms with E-state index < -0.39 is 5.97 Å². The average molecular weight is 240 g/mol. The molecule has 17 heavy (non-hydrogen) atoms. The number of amides is 1. The van der Waals surface area contributed by atoms with Crippen molar-refractivity contribution in [1.82, 2.24) is 19.7 Å². The van der Waals surface area contributed by atoms with E-state index in [0.29, 0.717) is 6.54 Å². The number of hydrogen-bond acceptors (Lipinski definition) is 5. The normalized spacial score (nSPS) is 10.0. The molecule has 0 atom stereocenters. The first kappa shape index (κ1) is 13.1. The van der Waals surface area contributed by atoms with Gasteiger partial charge in [0.2, 0.25) is 5.91 Å². The lowest BCUT2D eigenvalue weighted by molar-refractivity contribution is -0.147. The maximum absolute atomic E-state index is 11.9. The molecule has 0 aliphatic carbocycles. The molecule has 0 bridgehead atoms. The minimum atomic E-state index is -0.426. The summed E-state index contributed by atoms with van der Waals surface area (Å²) in [5.74, 6) is -0.604. The van der Waals surface area contributed by atoms with Gasteiger partial charge in [0, 0.05) is 6.54 Å². The molecule has 7 heteroatoms. The van der Waals surface area contributed by atoms with Crippen LogP contribution in [0.4, 0.5) is 0 Å². The van der Waals surface area contributed by atoms with E-state index in [1.54, 1.807) is 0 Å². The van der Waals surface area contributed by atoms with Crippen LogP contribution in [-0.4, -0.2) is 51.7 Å². The molecule has 0 saturated heterocycles. The summed E-state index contributed by atoms with van der Waals surface area (Å²) in [6.07, 6.45) is 3.60. The molecule has 1 rings (SSSR count). The summed E-state index contributed by atoms with van der Waals surface area (Å²) >= 11 is 0. The molecule has 1 heterocycles. The summed E-state index contributed by atoms with van der Waals surface area (Å²) in [5, 5.41) is 3.84. The van der Waals surface area contributed by atoms with Crippen molar-refractivity contribution in [3.05, 3.63) is 12.7 Å². The molecule has 0 saturated carbocycles. The van der Waals surface area contributed by atoms with Gasteiger partial charge in [-0.25, -0.2) is 9.67 Å². The van der Waals surface area contributed by atoms with Gasteiger partial charge in [-0.2, -0.15) is 5.10 Å². The van der Waals surface area contributed by atoms with E-state index in [4.69, 9.17) is 0 Å². The summed E-state index contributed by atoms with van der Waals surface area (Å²) in [6, 6.07) is 0. The van der Waals surface area contributed by atoms with Gasteiger partial charge in [0.15, 0.2) is 0 Å². The van der Waals surface area contributed by atoms with E-state index in [1.807, 2.05) is 6.92 Å². The zero-order valence-corrected chi connectivity index (χ0v) is 10.00.